The van der Waals surface area contributed by atoms with Crippen LogP contribution in [0.25, 0.3) is 5.69 Å². The molecule has 2 aromatic rings. The smallest absolute Gasteiger partial charge is 0.410 e. The van der Waals surface area contributed by atoms with Crippen molar-refractivity contribution in [2.75, 3.05) is 39.2 Å². The lowest BCUT2D eigenvalue weighted by Gasteiger charge is -2.26. The molecule has 0 bridgehead atoms. The number of nitrogens with one attached hydrogen (secondary N) is 2. The number of hydrogen-bond acceptors (Lipinski definition) is 6. The summed E-state index contributed by atoms with van der Waals surface area (Å²) >= 11 is 0. The Labute approximate surface area is 185 Å². The summed E-state index contributed by atoms with van der Waals surface area (Å²) in [6, 6.07) is 4.08. The molecule has 0 fully saturated rings. The van der Waals surface area contributed by atoms with E-state index in [1.54, 1.807) is 35.6 Å². The lowest BCUT2D eigenvalue weighted by atomic mass is 10.1. The van der Waals surface area contributed by atoms with Gasteiger partial charge in [-0.25, -0.2) is 18.7 Å². The van der Waals surface area contributed by atoms with Crippen molar-refractivity contribution < 1.29 is 28.2 Å². The standard InChI is InChI=1S/C21H28FN5O5/c1-5-32-21(29)26-9-8-17-15(12-26)19(24-20(28)23-11-18(30-3)31-4)27(25-17)14-6-7-16(22)13(2)10-14/h6-7,10,18H,5,8-9,11-12H2,1-4H3,(H2,23,24,28). The third-order valence-corrected chi connectivity index (χ3v) is 5.13. The molecule has 1 aliphatic rings. The van der Waals surface area contributed by atoms with Crippen LogP contribution in [0.15, 0.2) is 18.2 Å². The number of aryl methyl sites for hydroxylation is 1. The molecule has 1 aliphatic heterocycles. The number of aromatic nitrogens is 2. The number of amides is 3. The predicted molar refractivity (Wildman–Crippen MR) is 114 cm³/mol. The Kier molecular flexibility index (Phi) is 7.65. The van der Waals surface area contributed by atoms with Crippen molar-refractivity contribution in [1.29, 1.82) is 0 Å². The first kappa shape index (κ1) is 23.5. The second-order valence-corrected chi connectivity index (χ2v) is 7.23. The number of nitrogens with zero attached hydrogens (tertiary/aromatic N) is 3. The van der Waals surface area contributed by atoms with Crippen molar-refractivity contribution in [3.63, 3.8) is 0 Å². The van der Waals surface area contributed by atoms with Crippen LogP contribution in [0.4, 0.5) is 19.8 Å². The highest BCUT2D eigenvalue weighted by Crippen LogP contribution is 2.30. The van der Waals surface area contributed by atoms with E-state index in [0.717, 1.165) is 5.69 Å². The number of ether oxygens (including phenoxy) is 3. The zero-order chi connectivity index (χ0) is 23.3. The van der Waals surface area contributed by atoms with Crippen LogP contribution >= 0.6 is 0 Å². The topological polar surface area (TPSA) is 107 Å². The first-order chi connectivity index (χ1) is 15.4. The van der Waals surface area contributed by atoms with Gasteiger partial charge in [-0.3, -0.25) is 5.32 Å². The highest BCUT2D eigenvalue weighted by Gasteiger charge is 2.29. The highest BCUT2D eigenvalue weighted by molar-refractivity contribution is 5.90. The van der Waals surface area contributed by atoms with Crippen LogP contribution in [0.3, 0.4) is 0 Å². The van der Waals surface area contributed by atoms with E-state index in [1.807, 2.05) is 0 Å². The van der Waals surface area contributed by atoms with Crippen molar-refractivity contribution in [1.82, 2.24) is 20.0 Å². The van der Waals surface area contributed by atoms with Gasteiger partial charge < -0.3 is 24.4 Å². The summed E-state index contributed by atoms with van der Waals surface area (Å²) in [5.74, 6) is 0.0560. The van der Waals surface area contributed by atoms with Crippen LogP contribution in [-0.2, 0) is 27.2 Å². The van der Waals surface area contributed by atoms with E-state index in [2.05, 4.69) is 15.7 Å². The molecular formula is C21H28FN5O5. The minimum absolute atomic E-state index is 0.125. The molecule has 0 atom stereocenters. The first-order valence-electron chi connectivity index (χ1n) is 10.3. The number of rotatable bonds is 7. The van der Waals surface area contributed by atoms with Gasteiger partial charge in [0.25, 0.3) is 0 Å². The fourth-order valence-electron chi connectivity index (χ4n) is 3.41. The quantitative estimate of drug-likeness (QED) is 0.630. The van der Waals surface area contributed by atoms with Gasteiger partial charge >= 0.3 is 12.1 Å². The van der Waals surface area contributed by atoms with Gasteiger partial charge in [-0.2, -0.15) is 5.10 Å². The molecule has 0 spiro atoms. The molecule has 174 valence electrons. The molecule has 11 heteroatoms. The molecule has 3 rings (SSSR count). The van der Waals surface area contributed by atoms with Gasteiger partial charge in [-0.05, 0) is 37.6 Å². The summed E-state index contributed by atoms with van der Waals surface area (Å²) < 4.78 is 30.6. The number of methoxy groups -OCH3 is 2. The van der Waals surface area contributed by atoms with Gasteiger partial charge in [-0.1, -0.05) is 0 Å². The van der Waals surface area contributed by atoms with Gasteiger partial charge in [0.1, 0.15) is 11.6 Å². The average molecular weight is 449 g/mol. The van der Waals surface area contributed by atoms with E-state index in [9.17, 15) is 14.0 Å². The molecule has 1 aromatic heterocycles. The van der Waals surface area contributed by atoms with Gasteiger partial charge in [0.2, 0.25) is 0 Å². The zero-order valence-corrected chi connectivity index (χ0v) is 18.6. The molecule has 1 aromatic carbocycles. The molecule has 0 radical (unpaired) electrons. The number of benzene rings is 1. The summed E-state index contributed by atoms with van der Waals surface area (Å²) in [4.78, 5) is 26.4. The minimum atomic E-state index is -0.598. The highest BCUT2D eigenvalue weighted by atomic mass is 19.1. The Morgan fingerprint density at radius 3 is 2.69 bits per heavy atom. The van der Waals surface area contributed by atoms with Gasteiger partial charge in [0.05, 0.1) is 31.1 Å². The average Bonchev–Trinajstić information content (AvgIpc) is 3.14. The fraction of sp³-hybridized carbons (Fsp3) is 0.476. The van der Waals surface area contributed by atoms with Crippen LogP contribution in [0.5, 0.6) is 0 Å². The molecule has 0 saturated carbocycles. The molecular weight excluding hydrogens is 421 g/mol. The number of carbonyl (C=O) groups excluding carboxylic acids is 2. The maximum Gasteiger partial charge on any atom is 0.410 e. The maximum absolute atomic E-state index is 13.8. The molecule has 2 N–H and O–H groups in total. The first-order valence-corrected chi connectivity index (χ1v) is 10.3. The Bertz CT molecular complexity index is 976. The van der Waals surface area contributed by atoms with Gasteiger partial charge in [-0.15, -0.1) is 0 Å². The number of carbonyl (C=O) groups is 2. The second-order valence-electron chi connectivity index (χ2n) is 7.23. The van der Waals surface area contributed by atoms with Crippen LogP contribution in [0.1, 0.15) is 23.7 Å². The monoisotopic (exact) mass is 449 g/mol. The Hall–Kier alpha value is -3.18. The normalized spacial score (nSPS) is 13.1. The fourth-order valence-corrected chi connectivity index (χ4v) is 3.41. The molecule has 0 unspecified atom stereocenters. The molecule has 2 heterocycles. The number of fused-ring (bicyclic) bond motifs is 1. The molecule has 0 aliphatic carbocycles. The van der Waals surface area contributed by atoms with Crippen molar-refractivity contribution >= 4 is 17.9 Å². The van der Waals surface area contributed by atoms with E-state index in [-0.39, 0.29) is 25.5 Å². The van der Waals surface area contributed by atoms with Gasteiger partial charge in [0, 0.05) is 32.7 Å². The molecule has 3 amide bonds. The predicted octanol–water partition coefficient (Wildman–Crippen LogP) is 2.57. The lowest BCUT2D eigenvalue weighted by molar-refractivity contribution is -0.0970. The Balaban J connectivity index is 1.93. The summed E-state index contributed by atoms with van der Waals surface area (Å²) in [6.07, 6.45) is -0.534. The van der Waals surface area contributed by atoms with Crippen LogP contribution < -0.4 is 10.6 Å². The molecule has 32 heavy (non-hydrogen) atoms. The summed E-state index contributed by atoms with van der Waals surface area (Å²) in [6.45, 7) is 4.46. The minimum Gasteiger partial charge on any atom is -0.450 e. The van der Waals surface area contributed by atoms with Crippen molar-refractivity contribution in [2.45, 2.75) is 33.1 Å². The summed E-state index contributed by atoms with van der Waals surface area (Å²) in [7, 11) is 2.94. The summed E-state index contributed by atoms with van der Waals surface area (Å²) in [5, 5.41) is 10.1. The van der Waals surface area contributed by atoms with E-state index in [1.165, 1.54) is 20.3 Å². The van der Waals surface area contributed by atoms with Crippen LogP contribution in [-0.4, -0.2) is 67.0 Å². The zero-order valence-electron chi connectivity index (χ0n) is 18.6. The van der Waals surface area contributed by atoms with Crippen molar-refractivity contribution in [3.8, 4) is 5.69 Å². The second kappa shape index (κ2) is 10.4. The van der Waals surface area contributed by atoms with Crippen molar-refractivity contribution in [3.05, 3.63) is 40.8 Å². The van der Waals surface area contributed by atoms with E-state index >= 15 is 0 Å². The van der Waals surface area contributed by atoms with E-state index < -0.39 is 18.4 Å². The molecule has 10 nitrogen and oxygen atoms in total. The van der Waals surface area contributed by atoms with E-state index in [0.29, 0.717) is 35.6 Å². The van der Waals surface area contributed by atoms with Crippen LogP contribution in [0.2, 0.25) is 0 Å². The SMILES string of the molecule is CCOC(=O)N1CCc2nn(-c3ccc(F)c(C)c3)c(NC(=O)NCC(OC)OC)c2C1. The molecule has 0 saturated heterocycles. The number of anilines is 1. The number of hydrogen-bond donors (Lipinski definition) is 2. The number of urea groups is 1. The van der Waals surface area contributed by atoms with Crippen molar-refractivity contribution in [2.24, 2.45) is 0 Å². The lowest BCUT2D eigenvalue weighted by Crippen LogP contribution is -2.38. The third kappa shape index (κ3) is 5.17. The van der Waals surface area contributed by atoms with Gasteiger partial charge in [0.15, 0.2) is 6.29 Å². The Morgan fingerprint density at radius 1 is 1.28 bits per heavy atom. The van der Waals surface area contributed by atoms with Crippen LogP contribution in [0, 0.1) is 12.7 Å². The maximum atomic E-state index is 13.8. The Morgan fingerprint density at radius 2 is 2.03 bits per heavy atom. The van der Waals surface area contributed by atoms with E-state index in [4.69, 9.17) is 14.2 Å². The summed E-state index contributed by atoms with van der Waals surface area (Å²) in [5.41, 5.74) is 2.47. The largest absolute Gasteiger partial charge is 0.450 e. The number of halogens is 1. The third-order valence-electron chi connectivity index (χ3n) is 5.13.